The molecule has 0 atom stereocenters. The number of carbonyl (C=O) groups is 1. The van der Waals surface area contributed by atoms with E-state index in [2.05, 4.69) is 4.90 Å². The molecule has 0 unspecified atom stereocenters. The van der Waals surface area contributed by atoms with Crippen LogP contribution in [-0.4, -0.2) is 47.7 Å². The van der Waals surface area contributed by atoms with Crippen LogP contribution in [-0.2, 0) is 10.5 Å². The number of nitro benzene ring substituents is 1. The predicted octanol–water partition coefficient (Wildman–Crippen LogP) is 3.83. The molecule has 2 aromatic rings. The molecule has 3 rings (SSSR count). The van der Waals surface area contributed by atoms with E-state index in [1.165, 1.54) is 23.9 Å². The smallest absolute Gasteiger partial charge is 0.269 e. The number of thioether (sulfide) groups is 1. The lowest BCUT2D eigenvalue weighted by Crippen LogP contribution is -2.49. The summed E-state index contributed by atoms with van der Waals surface area (Å²) >= 11 is 7.58. The van der Waals surface area contributed by atoms with Gasteiger partial charge in [0.15, 0.2) is 0 Å². The maximum absolute atomic E-state index is 12.4. The number of amides is 1. The van der Waals surface area contributed by atoms with Crippen molar-refractivity contribution in [2.75, 3.05) is 36.8 Å². The van der Waals surface area contributed by atoms with Crippen LogP contribution in [0.4, 0.5) is 11.4 Å². The van der Waals surface area contributed by atoms with Crippen molar-refractivity contribution in [3.63, 3.8) is 0 Å². The van der Waals surface area contributed by atoms with Gasteiger partial charge in [0.1, 0.15) is 0 Å². The minimum absolute atomic E-state index is 0.0809. The fourth-order valence-electron chi connectivity index (χ4n) is 2.95. The van der Waals surface area contributed by atoms with Gasteiger partial charge in [0.05, 0.1) is 10.7 Å². The Labute approximate surface area is 167 Å². The summed E-state index contributed by atoms with van der Waals surface area (Å²) < 4.78 is 0. The molecule has 0 aliphatic carbocycles. The Balaban J connectivity index is 1.42. The number of benzene rings is 2. The molecule has 6 nitrogen and oxygen atoms in total. The van der Waals surface area contributed by atoms with Gasteiger partial charge in [-0.2, -0.15) is 0 Å². The first-order valence-electron chi connectivity index (χ1n) is 8.62. The van der Waals surface area contributed by atoms with Gasteiger partial charge in [-0.05, 0) is 23.8 Å². The first-order valence-corrected chi connectivity index (χ1v) is 10.2. The van der Waals surface area contributed by atoms with E-state index in [1.807, 2.05) is 29.2 Å². The largest absolute Gasteiger partial charge is 0.368 e. The number of non-ortho nitro benzene ring substituents is 1. The minimum Gasteiger partial charge on any atom is -0.368 e. The maximum atomic E-state index is 12.4. The summed E-state index contributed by atoms with van der Waals surface area (Å²) in [6, 6.07) is 14.2. The highest BCUT2D eigenvalue weighted by molar-refractivity contribution is 7.99. The third kappa shape index (κ3) is 5.37. The number of halogens is 1. The lowest BCUT2D eigenvalue weighted by Gasteiger charge is -2.36. The normalized spacial score (nSPS) is 14.3. The Bertz CT molecular complexity index is 808. The average molecular weight is 406 g/mol. The Kier molecular flexibility index (Phi) is 6.58. The number of piperazine rings is 1. The van der Waals surface area contributed by atoms with E-state index in [0.29, 0.717) is 29.6 Å². The number of nitrogens with zero attached hydrogens (tertiary/aromatic N) is 3. The van der Waals surface area contributed by atoms with E-state index in [1.54, 1.807) is 12.1 Å². The highest BCUT2D eigenvalue weighted by Gasteiger charge is 2.21. The molecule has 27 heavy (non-hydrogen) atoms. The van der Waals surface area contributed by atoms with Crippen molar-refractivity contribution >= 4 is 40.6 Å². The van der Waals surface area contributed by atoms with Crippen molar-refractivity contribution in [3.8, 4) is 0 Å². The zero-order chi connectivity index (χ0) is 19.2. The second kappa shape index (κ2) is 9.10. The van der Waals surface area contributed by atoms with Crippen molar-refractivity contribution in [1.29, 1.82) is 0 Å². The molecule has 0 spiro atoms. The molecule has 1 amide bonds. The Hall–Kier alpha value is -2.25. The summed E-state index contributed by atoms with van der Waals surface area (Å²) in [5, 5.41) is 11.4. The van der Waals surface area contributed by atoms with Crippen molar-refractivity contribution in [2.24, 2.45) is 0 Å². The Morgan fingerprint density at radius 3 is 2.44 bits per heavy atom. The third-order valence-corrected chi connectivity index (χ3v) is 5.67. The molecule has 1 aliphatic rings. The van der Waals surface area contributed by atoms with Crippen LogP contribution >= 0.6 is 23.4 Å². The summed E-state index contributed by atoms with van der Waals surface area (Å²) in [6.45, 7) is 2.98. The molecule has 8 heteroatoms. The second-order valence-electron chi connectivity index (χ2n) is 6.26. The van der Waals surface area contributed by atoms with E-state index in [9.17, 15) is 14.9 Å². The maximum Gasteiger partial charge on any atom is 0.269 e. The van der Waals surface area contributed by atoms with Gasteiger partial charge in [0.25, 0.3) is 5.69 Å². The van der Waals surface area contributed by atoms with Crippen LogP contribution in [0.2, 0.25) is 5.02 Å². The number of rotatable bonds is 6. The standard InChI is InChI=1S/C19H20ClN3O3S/c20-16-2-1-3-18(12-16)21-8-10-22(11-9-21)19(24)14-27-13-15-4-6-17(7-5-15)23(25)26/h1-7,12H,8-11,13-14H2. The van der Waals surface area contributed by atoms with Crippen LogP contribution in [0.15, 0.2) is 48.5 Å². The van der Waals surface area contributed by atoms with Gasteiger partial charge < -0.3 is 9.80 Å². The van der Waals surface area contributed by atoms with E-state index in [0.717, 1.165) is 24.3 Å². The Morgan fingerprint density at radius 2 is 1.81 bits per heavy atom. The van der Waals surface area contributed by atoms with Crippen LogP contribution in [0.25, 0.3) is 0 Å². The average Bonchev–Trinajstić information content (AvgIpc) is 2.68. The quantitative estimate of drug-likeness (QED) is 0.539. The summed E-state index contributed by atoms with van der Waals surface area (Å²) in [5.74, 6) is 1.20. The highest BCUT2D eigenvalue weighted by atomic mass is 35.5. The molecular formula is C19H20ClN3O3S. The molecule has 1 aliphatic heterocycles. The first-order chi connectivity index (χ1) is 13.0. The van der Waals surface area contributed by atoms with Gasteiger partial charge in [-0.25, -0.2) is 0 Å². The van der Waals surface area contributed by atoms with Crippen molar-refractivity contribution in [2.45, 2.75) is 5.75 Å². The fraction of sp³-hybridized carbons (Fsp3) is 0.316. The fourth-order valence-corrected chi connectivity index (χ4v) is 4.02. The van der Waals surface area contributed by atoms with E-state index in [-0.39, 0.29) is 11.6 Å². The lowest BCUT2D eigenvalue weighted by molar-refractivity contribution is -0.384. The topological polar surface area (TPSA) is 66.7 Å². The predicted molar refractivity (Wildman–Crippen MR) is 110 cm³/mol. The Morgan fingerprint density at radius 1 is 1.11 bits per heavy atom. The zero-order valence-electron chi connectivity index (χ0n) is 14.7. The lowest BCUT2D eigenvalue weighted by atomic mass is 10.2. The van der Waals surface area contributed by atoms with Crippen LogP contribution in [0.3, 0.4) is 0 Å². The summed E-state index contributed by atoms with van der Waals surface area (Å²) in [4.78, 5) is 26.8. The van der Waals surface area contributed by atoms with Gasteiger partial charge in [-0.3, -0.25) is 14.9 Å². The van der Waals surface area contributed by atoms with Crippen molar-refractivity contribution in [1.82, 2.24) is 4.90 Å². The second-order valence-corrected chi connectivity index (χ2v) is 7.69. The van der Waals surface area contributed by atoms with Crippen molar-refractivity contribution in [3.05, 3.63) is 69.2 Å². The number of nitro groups is 1. The summed E-state index contributed by atoms with van der Waals surface area (Å²) in [6.07, 6.45) is 0. The number of carbonyl (C=O) groups excluding carboxylic acids is 1. The van der Waals surface area contributed by atoms with Crippen LogP contribution in [0, 0.1) is 10.1 Å². The molecule has 0 radical (unpaired) electrons. The molecule has 0 bridgehead atoms. The van der Waals surface area contributed by atoms with Gasteiger partial charge in [-0.15, -0.1) is 11.8 Å². The minimum atomic E-state index is -0.413. The van der Waals surface area contributed by atoms with Crippen LogP contribution in [0.1, 0.15) is 5.56 Å². The molecule has 1 saturated heterocycles. The molecule has 1 fully saturated rings. The SMILES string of the molecule is O=C(CSCc1ccc([N+](=O)[O-])cc1)N1CCN(c2cccc(Cl)c2)CC1. The van der Waals surface area contributed by atoms with E-state index < -0.39 is 4.92 Å². The molecule has 142 valence electrons. The van der Waals surface area contributed by atoms with E-state index >= 15 is 0 Å². The number of hydrogen-bond acceptors (Lipinski definition) is 5. The summed E-state index contributed by atoms with van der Waals surface area (Å²) in [7, 11) is 0. The van der Waals surface area contributed by atoms with Crippen molar-refractivity contribution < 1.29 is 9.72 Å². The first kappa shape index (κ1) is 19.5. The van der Waals surface area contributed by atoms with Crippen LogP contribution in [0.5, 0.6) is 0 Å². The zero-order valence-corrected chi connectivity index (χ0v) is 16.3. The molecule has 1 heterocycles. The number of anilines is 1. The molecule has 0 saturated carbocycles. The monoisotopic (exact) mass is 405 g/mol. The van der Waals surface area contributed by atoms with Gasteiger partial charge in [0, 0.05) is 54.8 Å². The van der Waals surface area contributed by atoms with E-state index in [4.69, 9.17) is 11.6 Å². The number of hydrogen-bond donors (Lipinski definition) is 0. The third-order valence-electron chi connectivity index (χ3n) is 4.45. The molecule has 2 aromatic carbocycles. The highest BCUT2D eigenvalue weighted by Crippen LogP contribution is 2.21. The molecule has 0 N–H and O–H groups in total. The van der Waals surface area contributed by atoms with Gasteiger partial charge >= 0.3 is 0 Å². The van der Waals surface area contributed by atoms with Gasteiger partial charge in [-0.1, -0.05) is 29.8 Å². The summed E-state index contributed by atoms with van der Waals surface area (Å²) in [5.41, 5.74) is 2.14. The molecule has 0 aromatic heterocycles. The van der Waals surface area contributed by atoms with Gasteiger partial charge in [0.2, 0.25) is 5.91 Å². The van der Waals surface area contributed by atoms with Crippen LogP contribution < -0.4 is 4.90 Å². The molecular weight excluding hydrogens is 386 g/mol.